The minimum Gasteiger partial charge on any atom is -0.375 e. The van der Waals surface area contributed by atoms with Gasteiger partial charge in [-0.15, -0.1) is 0 Å². The molecular weight excluding hydrogens is 216 g/mol. The van der Waals surface area contributed by atoms with Crippen LogP contribution in [0.25, 0.3) is 11.2 Å². The van der Waals surface area contributed by atoms with Crippen molar-refractivity contribution in [3.8, 4) is 0 Å². The Morgan fingerprint density at radius 2 is 2.31 bits per heavy atom. The third-order valence-electron chi connectivity index (χ3n) is 2.03. The van der Waals surface area contributed by atoms with E-state index in [-0.39, 0.29) is 6.61 Å². The number of pyridine rings is 1. The van der Waals surface area contributed by atoms with Crippen LogP contribution in [-0.4, -0.2) is 34.6 Å². The molecule has 0 unspecified atom stereocenters. The van der Waals surface area contributed by atoms with E-state index < -0.39 is 13.0 Å². The van der Waals surface area contributed by atoms with E-state index in [9.17, 15) is 8.78 Å². The predicted octanol–water partition coefficient (Wildman–Crippen LogP) is 1.78. The van der Waals surface area contributed by atoms with Gasteiger partial charge in [-0.3, -0.25) is 0 Å². The molecule has 86 valence electrons. The summed E-state index contributed by atoms with van der Waals surface area (Å²) in [6.07, 6.45) is -0.291. The van der Waals surface area contributed by atoms with Crippen molar-refractivity contribution >= 4 is 11.2 Å². The number of nitrogens with zero attached hydrogens (tertiary/aromatic N) is 2. The largest absolute Gasteiger partial charge is 0.375 e. The molecule has 16 heavy (non-hydrogen) atoms. The summed E-state index contributed by atoms with van der Waals surface area (Å²) in [5.41, 5.74) is 1.47. The van der Waals surface area contributed by atoms with E-state index in [4.69, 9.17) is 4.74 Å². The summed E-state index contributed by atoms with van der Waals surface area (Å²) in [5, 5.41) is 0. The highest BCUT2D eigenvalue weighted by Crippen LogP contribution is 2.07. The normalized spacial score (nSPS) is 11.4. The Balaban J connectivity index is 1.89. The number of H-pyrrole nitrogens is 1. The molecule has 0 radical (unpaired) electrons. The molecule has 0 atom stereocenters. The molecule has 0 aliphatic rings. The topological polar surface area (TPSA) is 50.8 Å². The fourth-order valence-electron chi connectivity index (χ4n) is 1.35. The standard InChI is InChI=1S/C10H11F2N3O/c11-8(12)6-16-5-3-9-14-7-2-1-4-13-10(7)15-9/h1-2,4,8H,3,5-6H2,(H,13,14,15). The molecule has 0 amide bonds. The van der Waals surface area contributed by atoms with Gasteiger partial charge in [0.1, 0.15) is 12.4 Å². The lowest BCUT2D eigenvalue weighted by molar-refractivity contribution is 0.0183. The molecule has 4 nitrogen and oxygen atoms in total. The Hall–Kier alpha value is -1.56. The monoisotopic (exact) mass is 227 g/mol. The predicted molar refractivity (Wildman–Crippen MR) is 54.4 cm³/mol. The average Bonchev–Trinajstić information content (AvgIpc) is 2.66. The minimum absolute atomic E-state index is 0.226. The molecule has 0 saturated carbocycles. The Morgan fingerprint density at radius 3 is 3.06 bits per heavy atom. The van der Waals surface area contributed by atoms with Crippen molar-refractivity contribution in [2.75, 3.05) is 13.2 Å². The summed E-state index contributed by atoms with van der Waals surface area (Å²) in [4.78, 5) is 11.3. The number of fused-ring (bicyclic) bond motifs is 1. The van der Waals surface area contributed by atoms with Gasteiger partial charge in [-0.2, -0.15) is 0 Å². The van der Waals surface area contributed by atoms with Crippen LogP contribution in [0.1, 0.15) is 5.82 Å². The van der Waals surface area contributed by atoms with Gasteiger partial charge in [0.05, 0.1) is 12.1 Å². The maximum absolute atomic E-state index is 11.8. The second-order valence-electron chi connectivity index (χ2n) is 3.27. The van der Waals surface area contributed by atoms with Crippen LogP contribution in [0.5, 0.6) is 0 Å². The van der Waals surface area contributed by atoms with E-state index in [1.165, 1.54) is 0 Å². The molecule has 2 rings (SSSR count). The van der Waals surface area contributed by atoms with Crippen LogP contribution in [0, 0.1) is 0 Å². The second-order valence-corrected chi connectivity index (χ2v) is 3.27. The van der Waals surface area contributed by atoms with Crippen molar-refractivity contribution in [3.63, 3.8) is 0 Å². The second kappa shape index (κ2) is 4.98. The zero-order chi connectivity index (χ0) is 11.4. The van der Waals surface area contributed by atoms with Crippen LogP contribution < -0.4 is 0 Å². The van der Waals surface area contributed by atoms with Gasteiger partial charge < -0.3 is 9.72 Å². The van der Waals surface area contributed by atoms with Gasteiger partial charge in [0, 0.05) is 12.6 Å². The maximum Gasteiger partial charge on any atom is 0.261 e. The number of ether oxygens (including phenoxy) is 1. The van der Waals surface area contributed by atoms with Crippen LogP contribution in [0.2, 0.25) is 0 Å². The number of imidazole rings is 1. The average molecular weight is 227 g/mol. The quantitative estimate of drug-likeness (QED) is 0.792. The molecule has 2 heterocycles. The van der Waals surface area contributed by atoms with Gasteiger partial charge in [0.15, 0.2) is 5.65 Å². The molecule has 6 heteroatoms. The van der Waals surface area contributed by atoms with Crippen LogP contribution in [0.3, 0.4) is 0 Å². The van der Waals surface area contributed by atoms with Gasteiger partial charge >= 0.3 is 0 Å². The number of rotatable bonds is 5. The molecule has 2 aromatic heterocycles. The minimum atomic E-state index is -2.42. The highest BCUT2D eigenvalue weighted by Gasteiger charge is 2.04. The van der Waals surface area contributed by atoms with Crippen LogP contribution in [0.15, 0.2) is 18.3 Å². The lowest BCUT2D eigenvalue weighted by Gasteiger charge is -2.00. The SMILES string of the molecule is FC(F)COCCc1nc2ncccc2[nH]1. The Labute approximate surface area is 90.7 Å². The third-order valence-corrected chi connectivity index (χ3v) is 2.03. The van der Waals surface area contributed by atoms with E-state index in [1.54, 1.807) is 12.3 Å². The molecule has 0 bridgehead atoms. The van der Waals surface area contributed by atoms with Crippen LogP contribution >= 0.6 is 0 Å². The number of hydrogen-bond acceptors (Lipinski definition) is 3. The third kappa shape index (κ3) is 2.73. The zero-order valence-corrected chi connectivity index (χ0v) is 8.49. The first-order valence-corrected chi connectivity index (χ1v) is 4.91. The van der Waals surface area contributed by atoms with Crippen molar-refractivity contribution in [1.82, 2.24) is 15.0 Å². The molecule has 0 saturated heterocycles. The van der Waals surface area contributed by atoms with Crippen molar-refractivity contribution in [2.45, 2.75) is 12.8 Å². The van der Waals surface area contributed by atoms with Crippen LogP contribution in [-0.2, 0) is 11.2 Å². The summed E-state index contributed by atoms with van der Waals surface area (Å²) in [5.74, 6) is 0.697. The number of aromatic nitrogens is 3. The Kier molecular flexibility index (Phi) is 3.40. The zero-order valence-electron chi connectivity index (χ0n) is 8.49. The van der Waals surface area contributed by atoms with Crippen molar-refractivity contribution in [3.05, 3.63) is 24.2 Å². The number of halogens is 2. The number of hydrogen-bond donors (Lipinski definition) is 1. The molecule has 0 aliphatic heterocycles. The van der Waals surface area contributed by atoms with Crippen molar-refractivity contribution < 1.29 is 13.5 Å². The van der Waals surface area contributed by atoms with Crippen LogP contribution in [0.4, 0.5) is 8.78 Å². The summed E-state index contributed by atoms with van der Waals surface area (Å²) in [6.45, 7) is -0.303. The van der Waals surface area contributed by atoms with E-state index in [0.717, 1.165) is 5.52 Å². The van der Waals surface area contributed by atoms with Gasteiger partial charge in [0.25, 0.3) is 6.43 Å². The molecule has 0 fully saturated rings. The summed E-state index contributed by atoms with van der Waals surface area (Å²) >= 11 is 0. The Morgan fingerprint density at radius 1 is 1.44 bits per heavy atom. The molecule has 0 aromatic carbocycles. The molecule has 0 aliphatic carbocycles. The summed E-state index contributed by atoms with van der Waals surface area (Å²) in [6, 6.07) is 3.66. The first kappa shape index (κ1) is 10.9. The lowest BCUT2D eigenvalue weighted by atomic mass is 10.4. The number of nitrogens with one attached hydrogen (secondary N) is 1. The lowest BCUT2D eigenvalue weighted by Crippen LogP contribution is -2.07. The molecular formula is C10H11F2N3O. The molecule has 2 aromatic rings. The number of aromatic amines is 1. The highest BCUT2D eigenvalue weighted by atomic mass is 19.3. The fraction of sp³-hybridized carbons (Fsp3) is 0.400. The maximum atomic E-state index is 11.8. The fourth-order valence-corrected chi connectivity index (χ4v) is 1.35. The number of alkyl halides is 2. The van der Waals surface area contributed by atoms with Crippen molar-refractivity contribution in [1.29, 1.82) is 0 Å². The van der Waals surface area contributed by atoms with Gasteiger partial charge in [-0.25, -0.2) is 18.7 Å². The first-order chi connectivity index (χ1) is 7.75. The summed E-state index contributed by atoms with van der Waals surface area (Å²) < 4.78 is 28.3. The first-order valence-electron chi connectivity index (χ1n) is 4.91. The highest BCUT2D eigenvalue weighted by molar-refractivity contribution is 5.69. The van der Waals surface area contributed by atoms with E-state index >= 15 is 0 Å². The van der Waals surface area contributed by atoms with Crippen molar-refractivity contribution in [2.24, 2.45) is 0 Å². The van der Waals surface area contributed by atoms with E-state index in [1.807, 2.05) is 6.07 Å². The van der Waals surface area contributed by atoms with E-state index in [0.29, 0.717) is 17.9 Å². The molecule has 0 spiro atoms. The van der Waals surface area contributed by atoms with Gasteiger partial charge in [0.2, 0.25) is 0 Å². The van der Waals surface area contributed by atoms with Gasteiger partial charge in [-0.05, 0) is 12.1 Å². The van der Waals surface area contributed by atoms with E-state index in [2.05, 4.69) is 15.0 Å². The molecule has 1 N–H and O–H groups in total. The smallest absolute Gasteiger partial charge is 0.261 e. The van der Waals surface area contributed by atoms with Gasteiger partial charge in [-0.1, -0.05) is 0 Å². The Bertz CT molecular complexity index is 425. The summed E-state index contributed by atoms with van der Waals surface area (Å²) in [7, 11) is 0.